The van der Waals surface area contributed by atoms with Crippen LogP contribution in [-0.4, -0.2) is 15.5 Å². The highest BCUT2D eigenvalue weighted by Gasteiger charge is 2.38. The van der Waals surface area contributed by atoms with E-state index in [1.807, 2.05) is 0 Å². The molecule has 2 aromatic carbocycles. The van der Waals surface area contributed by atoms with E-state index in [1.54, 1.807) is 30.3 Å². The Labute approximate surface area is 157 Å². The smallest absolute Gasteiger partial charge is 0.324 e. The molecule has 0 radical (unpaired) electrons. The van der Waals surface area contributed by atoms with Crippen molar-refractivity contribution in [3.63, 3.8) is 0 Å². The van der Waals surface area contributed by atoms with Crippen LogP contribution in [0.15, 0.2) is 51.4 Å². The first-order valence-corrected chi connectivity index (χ1v) is 8.61. The number of nitrogens with one attached hydrogen (secondary N) is 1. The number of amides is 1. The molecule has 4 nitrogen and oxygen atoms in total. The normalized spacial score (nSPS) is 11.7. The molecule has 1 heterocycles. The highest BCUT2D eigenvalue weighted by Crippen LogP contribution is 2.32. The van der Waals surface area contributed by atoms with Gasteiger partial charge in [-0.1, -0.05) is 28.1 Å². The fourth-order valence-electron chi connectivity index (χ4n) is 2.38. The number of benzene rings is 2. The molecule has 1 aromatic heterocycles. The maximum Gasteiger partial charge on any atom is 0.449 e. The fourth-order valence-corrected chi connectivity index (χ4v) is 3.52. The van der Waals surface area contributed by atoms with Gasteiger partial charge in [0.05, 0.1) is 16.7 Å². The third-order valence-electron chi connectivity index (χ3n) is 3.42. The molecule has 25 heavy (non-hydrogen) atoms. The van der Waals surface area contributed by atoms with Crippen molar-refractivity contribution in [3.05, 3.63) is 57.2 Å². The molecule has 3 rings (SSSR count). The maximum absolute atomic E-state index is 13.2. The van der Waals surface area contributed by atoms with Crippen molar-refractivity contribution in [2.75, 3.05) is 5.32 Å². The van der Waals surface area contributed by atoms with Crippen molar-refractivity contribution in [1.82, 2.24) is 9.55 Å². The van der Waals surface area contributed by atoms with E-state index in [1.165, 1.54) is 12.1 Å². The highest BCUT2D eigenvalue weighted by molar-refractivity contribution is 9.11. The molecule has 0 atom stereocenters. The summed E-state index contributed by atoms with van der Waals surface area (Å²) in [5.74, 6) is -1.68. The van der Waals surface area contributed by atoms with Crippen LogP contribution in [0.2, 0.25) is 0 Å². The summed E-state index contributed by atoms with van der Waals surface area (Å²) in [5.41, 5.74) is 0.901. The number of hydrogen-bond acceptors (Lipinski definition) is 2. The Morgan fingerprint density at radius 3 is 2.56 bits per heavy atom. The Hall–Kier alpha value is -1.87. The lowest BCUT2D eigenvalue weighted by Gasteiger charge is -2.12. The number of para-hydroxylation sites is 2. The first kappa shape index (κ1) is 17.9. The third-order valence-corrected chi connectivity index (χ3v) is 4.56. The van der Waals surface area contributed by atoms with Crippen molar-refractivity contribution in [2.24, 2.45) is 0 Å². The number of anilines is 1. The van der Waals surface area contributed by atoms with Crippen LogP contribution in [-0.2, 0) is 17.5 Å². The van der Waals surface area contributed by atoms with E-state index in [-0.39, 0.29) is 11.0 Å². The zero-order valence-electron chi connectivity index (χ0n) is 12.4. The predicted molar refractivity (Wildman–Crippen MR) is 95.2 cm³/mol. The summed E-state index contributed by atoms with van der Waals surface area (Å²) in [5, 5.41) is 2.60. The molecule has 1 amide bonds. The number of halogens is 5. The fraction of sp³-hybridized carbons (Fsp3) is 0.125. The summed E-state index contributed by atoms with van der Waals surface area (Å²) >= 11 is 6.59. The molecule has 0 unspecified atom stereocenters. The van der Waals surface area contributed by atoms with Crippen LogP contribution < -0.4 is 5.32 Å². The molecule has 130 valence electrons. The lowest BCUT2D eigenvalue weighted by atomic mass is 10.3. The lowest BCUT2D eigenvalue weighted by molar-refractivity contribution is -0.147. The van der Waals surface area contributed by atoms with Crippen molar-refractivity contribution in [3.8, 4) is 0 Å². The Balaban J connectivity index is 1.93. The number of hydrogen-bond donors (Lipinski definition) is 1. The number of nitrogens with zero attached hydrogens (tertiary/aromatic N) is 2. The summed E-state index contributed by atoms with van der Waals surface area (Å²) in [7, 11) is 0. The summed E-state index contributed by atoms with van der Waals surface area (Å²) in [6.07, 6.45) is -4.66. The minimum Gasteiger partial charge on any atom is -0.324 e. The minimum atomic E-state index is -4.66. The number of aromatic nitrogens is 2. The Morgan fingerprint density at radius 1 is 1.16 bits per heavy atom. The molecule has 0 saturated carbocycles. The van der Waals surface area contributed by atoms with Crippen LogP contribution in [0.4, 0.5) is 18.9 Å². The van der Waals surface area contributed by atoms with E-state index < -0.39 is 24.5 Å². The molecule has 0 aliphatic heterocycles. The predicted octanol–water partition coefficient (Wildman–Crippen LogP) is 5.22. The topological polar surface area (TPSA) is 46.9 Å². The van der Waals surface area contributed by atoms with Gasteiger partial charge in [-0.25, -0.2) is 4.98 Å². The number of rotatable bonds is 3. The van der Waals surface area contributed by atoms with Gasteiger partial charge >= 0.3 is 6.18 Å². The third kappa shape index (κ3) is 3.87. The molecular weight excluding hydrogens is 467 g/mol. The quantitative estimate of drug-likeness (QED) is 0.563. The standard InChI is InChI=1S/C16H10Br2F3N3O/c17-9-5-6-11(10(18)7-9)22-14(25)8-24-13-4-2-1-3-12(13)23-15(24)16(19,20)21/h1-7H,8H2,(H,22,25). The average molecular weight is 477 g/mol. The maximum atomic E-state index is 13.2. The van der Waals surface area contributed by atoms with Crippen LogP contribution >= 0.6 is 31.9 Å². The summed E-state index contributed by atoms with van der Waals surface area (Å²) in [4.78, 5) is 15.9. The van der Waals surface area contributed by atoms with Crippen LogP contribution in [0.25, 0.3) is 11.0 Å². The van der Waals surface area contributed by atoms with Gasteiger partial charge in [-0.05, 0) is 46.3 Å². The molecule has 0 spiro atoms. The zero-order valence-corrected chi connectivity index (χ0v) is 15.6. The molecule has 0 fully saturated rings. The second-order valence-corrected chi connectivity index (χ2v) is 6.95. The van der Waals surface area contributed by atoms with Crippen molar-refractivity contribution in [2.45, 2.75) is 12.7 Å². The Morgan fingerprint density at radius 2 is 1.88 bits per heavy atom. The first-order chi connectivity index (χ1) is 11.8. The lowest BCUT2D eigenvalue weighted by Crippen LogP contribution is -2.23. The molecule has 0 aliphatic carbocycles. The van der Waals surface area contributed by atoms with Crippen molar-refractivity contribution < 1.29 is 18.0 Å². The first-order valence-electron chi connectivity index (χ1n) is 7.03. The van der Waals surface area contributed by atoms with Crippen LogP contribution in [0.1, 0.15) is 5.82 Å². The monoisotopic (exact) mass is 475 g/mol. The minimum absolute atomic E-state index is 0.187. The van der Waals surface area contributed by atoms with Crippen LogP contribution in [0.5, 0.6) is 0 Å². The van der Waals surface area contributed by atoms with Gasteiger partial charge in [0.15, 0.2) is 0 Å². The van der Waals surface area contributed by atoms with E-state index in [2.05, 4.69) is 42.2 Å². The van der Waals surface area contributed by atoms with Crippen molar-refractivity contribution in [1.29, 1.82) is 0 Å². The van der Waals surface area contributed by atoms with E-state index in [0.717, 1.165) is 9.04 Å². The number of alkyl halides is 3. The summed E-state index contributed by atoms with van der Waals surface area (Å²) in [6.45, 7) is -0.502. The number of imidazole rings is 1. The largest absolute Gasteiger partial charge is 0.449 e. The summed E-state index contributed by atoms with van der Waals surface area (Å²) in [6, 6.07) is 11.3. The highest BCUT2D eigenvalue weighted by atomic mass is 79.9. The SMILES string of the molecule is O=C(Cn1c(C(F)(F)F)nc2ccccc21)Nc1ccc(Br)cc1Br. The second kappa shape index (κ2) is 6.80. The van der Waals surface area contributed by atoms with Gasteiger partial charge < -0.3 is 9.88 Å². The molecule has 0 bridgehead atoms. The molecule has 0 aliphatic rings. The van der Waals surface area contributed by atoms with Gasteiger partial charge in [-0.3, -0.25) is 4.79 Å². The number of carbonyl (C=O) groups excluding carboxylic acids is 1. The Kier molecular flexibility index (Phi) is 4.88. The molecular formula is C16H10Br2F3N3O. The van der Waals surface area contributed by atoms with Gasteiger partial charge in [0.25, 0.3) is 0 Å². The van der Waals surface area contributed by atoms with E-state index in [0.29, 0.717) is 10.2 Å². The summed E-state index contributed by atoms with van der Waals surface area (Å²) < 4.78 is 42.0. The van der Waals surface area contributed by atoms with Gasteiger partial charge in [0, 0.05) is 8.95 Å². The molecule has 9 heteroatoms. The van der Waals surface area contributed by atoms with Gasteiger partial charge in [0.2, 0.25) is 11.7 Å². The van der Waals surface area contributed by atoms with Crippen LogP contribution in [0, 0.1) is 0 Å². The molecule has 0 saturated heterocycles. The van der Waals surface area contributed by atoms with Gasteiger partial charge in [-0.2, -0.15) is 13.2 Å². The van der Waals surface area contributed by atoms with E-state index in [9.17, 15) is 18.0 Å². The van der Waals surface area contributed by atoms with E-state index >= 15 is 0 Å². The zero-order chi connectivity index (χ0) is 18.2. The number of fused-ring (bicyclic) bond motifs is 1. The average Bonchev–Trinajstić information content (AvgIpc) is 2.89. The molecule has 1 N–H and O–H groups in total. The second-order valence-electron chi connectivity index (χ2n) is 5.18. The van der Waals surface area contributed by atoms with Crippen molar-refractivity contribution >= 4 is 54.5 Å². The van der Waals surface area contributed by atoms with Gasteiger partial charge in [0.1, 0.15) is 6.54 Å². The molecule has 3 aromatic rings. The van der Waals surface area contributed by atoms with E-state index in [4.69, 9.17) is 0 Å². The van der Waals surface area contributed by atoms with Gasteiger partial charge in [-0.15, -0.1) is 0 Å². The number of carbonyl (C=O) groups is 1. The van der Waals surface area contributed by atoms with Crippen LogP contribution in [0.3, 0.4) is 0 Å². The Bertz CT molecular complexity index is 953.